The molecule has 0 bridgehead atoms. The highest BCUT2D eigenvalue weighted by molar-refractivity contribution is 9.10. The van der Waals surface area contributed by atoms with Gasteiger partial charge in [0.1, 0.15) is 6.10 Å². The third kappa shape index (κ3) is 2.58. The highest BCUT2D eigenvalue weighted by atomic mass is 79.9. The molecule has 3 nitrogen and oxygen atoms in total. The normalized spacial score (nSPS) is 22.1. The first-order chi connectivity index (χ1) is 9.65. The Morgan fingerprint density at radius 3 is 2.65 bits per heavy atom. The standard InChI is InChI=1S/C16H16BrNO2/c1-10-6-9-15(20-10)16(19)18-14-8-7-13(17)11-4-2-3-5-12(11)14/h2-5,7-8,10,15H,6,9H2,1H3,(H,18,19). The predicted molar refractivity (Wildman–Crippen MR) is 83.8 cm³/mol. The summed E-state index contributed by atoms with van der Waals surface area (Å²) in [5.41, 5.74) is 0.831. The van der Waals surface area contributed by atoms with Crippen molar-refractivity contribution in [3.63, 3.8) is 0 Å². The number of hydrogen-bond acceptors (Lipinski definition) is 2. The maximum atomic E-state index is 12.2. The number of ether oxygens (including phenoxy) is 1. The largest absolute Gasteiger partial charge is 0.365 e. The van der Waals surface area contributed by atoms with Crippen molar-refractivity contribution in [3.05, 3.63) is 40.9 Å². The molecule has 0 aromatic heterocycles. The van der Waals surface area contributed by atoms with E-state index in [2.05, 4.69) is 21.2 Å². The number of halogens is 1. The van der Waals surface area contributed by atoms with E-state index >= 15 is 0 Å². The molecule has 0 spiro atoms. The minimum Gasteiger partial charge on any atom is -0.365 e. The first kappa shape index (κ1) is 13.6. The first-order valence-electron chi connectivity index (χ1n) is 6.79. The van der Waals surface area contributed by atoms with Crippen molar-refractivity contribution in [3.8, 4) is 0 Å². The van der Waals surface area contributed by atoms with Gasteiger partial charge in [-0.05, 0) is 37.3 Å². The second-order valence-corrected chi connectivity index (χ2v) is 6.00. The van der Waals surface area contributed by atoms with E-state index in [-0.39, 0.29) is 18.1 Å². The van der Waals surface area contributed by atoms with E-state index in [1.165, 1.54) is 0 Å². The molecular weight excluding hydrogens is 318 g/mol. The van der Waals surface area contributed by atoms with Gasteiger partial charge < -0.3 is 10.1 Å². The Bertz CT molecular complexity index is 656. The number of carbonyl (C=O) groups excluding carboxylic acids is 1. The van der Waals surface area contributed by atoms with Crippen molar-refractivity contribution in [2.75, 3.05) is 5.32 Å². The smallest absolute Gasteiger partial charge is 0.253 e. The van der Waals surface area contributed by atoms with Crippen molar-refractivity contribution in [1.29, 1.82) is 0 Å². The van der Waals surface area contributed by atoms with E-state index < -0.39 is 0 Å². The highest BCUT2D eigenvalue weighted by Crippen LogP contribution is 2.30. The van der Waals surface area contributed by atoms with Gasteiger partial charge in [-0.25, -0.2) is 0 Å². The van der Waals surface area contributed by atoms with Gasteiger partial charge in [0.25, 0.3) is 5.91 Å². The number of anilines is 1. The zero-order valence-electron chi connectivity index (χ0n) is 11.2. The third-order valence-electron chi connectivity index (χ3n) is 3.65. The van der Waals surface area contributed by atoms with Crippen LogP contribution in [0, 0.1) is 0 Å². The molecule has 0 radical (unpaired) electrons. The van der Waals surface area contributed by atoms with E-state index in [9.17, 15) is 4.79 Å². The number of carbonyl (C=O) groups is 1. The van der Waals surface area contributed by atoms with E-state index in [0.29, 0.717) is 0 Å². The predicted octanol–water partition coefficient (Wildman–Crippen LogP) is 4.11. The Labute approximate surface area is 126 Å². The van der Waals surface area contributed by atoms with Crippen molar-refractivity contribution in [2.45, 2.75) is 32.0 Å². The zero-order valence-corrected chi connectivity index (χ0v) is 12.8. The van der Waals surface area contributed by atoms with Crippen LogP contribution in [-0.4, -0.2) is 18.1 Å². The molecule has 1 aliphatic heterocycles. The molecule has 2 aromatic carbocycles. The van der Waals surface area contributed by atoms with Crippen molar-refractivity contribution < 1.29 is 9.53 Å². The molecule has 104 valence electrons. The Kier molecular flexibility index (Phi) is 3.76. The van der Waals surface area contributed by atoms with Crippen LogP contribution in [0.2, 0.25) is 0 Å². The molecule has 1 saturated heterocycles. The maximum absolute atomic E-state index is 12.2. The van der Waals surface area contributed by atoms with E-state index in [0.717, 1.165) is 33.8 Å². The van der Waals surface area contributed by atoms with Crippen LogP contribution in [0.5, 0.6) is 0 Å². The average Bonchev–Trinajstić information content (AvgIpc) is 2.89. The van der Waals surface area contributed by atoms with Gasteiger partial charge in [0, 0.05) is 15.5 Å². The van der Waals surface area contributed by atoms with Gasteiger partial charge in [-0.3, -0.25) is 4.79 Å². The minimum absolute atomic E-state index is 0.0539. The molecule has 0 aliphatic carbocycles. The summed E-state index contributed by atoms with van der Waals surface area (Å²) in [5, 5.41) is 5.11. The summed E-state index contributed by atoms with van der Waals surface area (Å²) in [6.07, 6.45) is 1.58. The topological polar surface area (TPSA) is 38.3 Å². The number of fused-ring (bicyclic) bond motifs is 1. The molecule has 1 aliphatic rings. The monoisotopic (exact) mass is 333 g/mol. The Hall–Kier alpha value is -1.39. The zero-order chi connectivity index (χ0) is 14.1. The van der Waals surface area contributed by atoms with E-state index in [1.807, 2.05) is 43.3 Å². The van der Waals surface area contributed by atoms with Gasteiger partial charge in [0.05, 0.1) is 6.10 Å². The fraction of sp³-hybridized carbons (Fsp3) is 0.312. The minimum atomic E-state index is -0.326. The summed E-state index contributed by atoms with van der Waals surface area (Å²) < 4.78 is 6.63. The van der Waals surface area contributed by atoms with Crippen molar-refractivity contribution in [1.82, 2.24) is 0 Å². The summed E-state index contributed by atoms with van der Waals surface area (Å²) in [5.74, 6) is -0.0539. The van der Waals surface area contributed by atoms with E-state index in [4.69, 9.17) is 4.74 Å². The van der Waals surface area contributed by atoms with Crippen LogP contribution in [-0.2, 0) is 9.53 Å². The number of rotatable bonds is 2. The molecule has 0 saturated carbocycles. The quantitative estimate of drug-likeness (QED) is 0.898. The van der Waals surface area contributed by atoms with Gasteiger partial charge >= 0.3 is 0 Å². The fourth-order valence-electron chi connectivity index (χ4n) is 2.58. The van der Waals surface area contributed by atoms with Gasteiger partial charge in [-0.1, -0.05) is 40.2 Å². The maximum Gasteiger partial charge on any atom is 0.253 e. The molecule has 2 unspecified atom stereocenters. The van der Waals surface area contributed by atoms with Crippen LogP contribution in [0.15, 0.2) is 40.9 Å². The SMILES string of the molecule is CC1CCC(C(=O)Nc2ccc(Br)c3ccccc23)O1. The van der Waals surface area contributed by atoms with Crippen LogP contribution in [0.4, 0.5) is 5.69 Å². The molecular formula is C16H16BrNO2. The van der Waals surface area contributed by atoms with Crippen molar-refractivity contribution in [2.24, 2.45) is 0 Å². The lowest BCUT2D eigenvalue weighted by atomic mass is 10.1. The van der Waals surface area contributed by atoms with E-state index in [1.54, 1.807) is 0 Å². The molecule has 3 rings (SSSR count). The van der Waals surface area contributed by atoms with Crippen molar-refractivity contribution >= 4 is 38.3 Å². The Morgan fingerprint density at radius 2 is 1.95 bits per heavy atom. The molecule has 2 atom stereocenters. The molecule has 4 heteroatoms. The lowest BCUT2D eigenvalue weighted by Crippen LogP contribution is -2.27. The lowest BCUT2D eigenvalue weighted by molar-refractivity contribution is -0.126. The van der Waals surface area contributed by atoms with Crippen LogP contribution < -0.4 is 5.32 Å². The van der Waals surface area contributed by atoms with Gasteiger partial charge in [0.15, 0.2) is 0 Å². The Morgan fingerprint density at radius 1 is 1.20 bits per heavy atom. The fourth-order valence-corrected chi connectivity index (χ4v) is 3.06. The number of benzene rings is 2. The van der Waals surface area contributed by atoms with Crippen LogP contribution in [0.3, 0.4) is 0 Å². The number of nitrogens with one attached hydrogen (secondary N) is 1. The first-order valence-corrected chi connectivity index (χ1v) is 7.58. The van der Waals surface area contributed by atoms with Crippen LogP contribution in [0.1, 0.15) is 19.8 Å². The summed E-state index contributed by atoms with van der Waals surface area (Å²) >= 11 is 3.53. The third-order valence-corrected chi connectivity index (χ3v) is 4.34. The van der Waals surface area contributed by atoms with Gasteiger partial charge in [-0.2, -0.15) is 0 Å². The van der Waals surface area contributed by atoms with Gasteiger partial charge in [0.2, 0.25) is 0 Å². The molecule has 20 heavy (non-hydrogen) atoms. The second-order valence-electron chi connectivity index (χ2n) is 5.14. The summed E-state index contributed by atoms with van der Waals surface area (Å²) in [7, 11) is 0. The van der Waals surface area contributed by atoms with Crippen LogP contribution in [0.25, 0.3) is 10.8 Å². The molecule has 2 aromatic rings. The van der Waals surface area contributed by atoms with Crippen LogP contribution >= 0.6 is 15.9 Å². The second kappa shape index (κ2) is 5.54. The number of amides is 1. The highest BCUT2D eigenvalue weighted by Gasteiger charge is 2.28. The number of hydrogen-bond donors (Lipinski definition) is 1. The lowest BCUT2D eigenvalue weighted by Gasteiger charge is -2.14. The molecule has 1 amide bonds. The van der Waals surface area contributed by atoms with Gasteiger partial charge in [-0.15, -0.1) is 0 Å². The summed E-state index contributed by atoms with van der Waals surface area (Å²) in [4.78, 5) is 12.2. The molecule has 1 fully saturated rings. The molecule has 1 N–H and O–H groups in total. The average molecular weight is 334 g/mol. The Balaban J connectivity index is 1.88. The molecule has 1 heterocycles. The summed E-state index contributed by atoms with van der Waals surface area (Å²) in [6, 6.07) is 11.9. The summed E-state index contributed by atoms with van der Waals surface area (Å²) in [6.45, 7) is 2.00.